The second kappa shape index (κ2) is 7.22. The molecule has 6 nitrogen and oxygen atoms in total. The number of methoxy groups -OCH3 is 1. The lowest BCUT2D eigenvalue weighted by Gasteiger charge is -2.23. The third-order valence-electron chi connectivity index (χ3n) is 5.45. The second-order valence-corrected chi connectivity index (χ2v) is 7.27. The van der Waals surface area contributed by atoms with Gasteiger partial charge in [-0.3, -0.25) is 0 Å². The zero-order valence-corrected chi connectivity index (χ0v) is 16.7. The lowest BCUT2D eigenvalue weighted by Crippen LogP contribution is -2.21. The average Bonchev–Trinajstić information content (AvgIpc) is 3.41. The van der Waals surface area contributed by atoms with Crippen LogP contribution in [-0.2, 0) is 0 Å². The number of hydrogen-bond donors (Lipinski definition) is 1. The average molecular weight is 399 g/mol. The number of aliphatic imine (C=N–C) groups is 1. The summed E-state index contributed by atoms with van der Waals surface area (Å²) in [6.45, 7) is 1.99. The number of nitrogens with zero attached hydrogens (tertiary/aromatic N) is 3. The minimum atomic E-state index is -0.146. The Morgan fingerprint density at radius 2 is 1.87 bits per heavy atom. The Balaban J connectivity index is 1.71. The summed E-state index contributed by atoms with van der Waals surface area (Å²) >= 11 is 0. The fraction of sp³-hybridized carbons (Fsp3) is 0.167. The second-order valence-electron chi connectivity index (χ2n) is 7.27. The maximum absolute atomic E-state index is 10.4. The van der Waals surface area contributed by atoms with Crippen LogP contribution in [0.4, 0.5) is 5.82 Å². The first-order valence-corrected chi connectivity index (χ1v) is 9.78. The molecule has 0 fully saturated rings. The van der Waals surface area contributed by atoms with Crippen LogP contribution in [0.25, 0.3) is 11.1 Å². The van der Waals surface area contributed by atoms with E-state index in [-0.39, 0.29) is 11.8 Å². The number of fused-ring (bicyclic) bond motifs is 1. The molecule has 0 saturated carbocycles. The summed E-state index contributed by atoms with van der Waals surface area (Å²) in [6, 6.07) is 18.8. The number of para-hydroxylation sites is 1. The van der Waals surface area contributed by atoms with Crippen LogP contribution in [0.2, 0.25) is 0 Å². The van der Waals surface area contributed by atoms with Crippen molar-refractivity contribution < 1.29 is 14.3 Å². The number of hydrogen-bond acceptors (Lipinski definition) is 5. The van der Waals surface area contributed by atoms with Gasteiger partial charge in [-0.15, -0.1) is 0 Å². The van der Waals surface area contributed by atoms with Gasteiger partial charge in [-0.25, -0.2) is 9.67 Å². The van der Waals surface area contributed by atoms with Gasteiger partial charge in [0, 0.05) is 17.5 Å². The Kier molecular flexibility index (Phi) is 4.39. The molecule has 1 N–H and O–H groups in total. The van der Waals surface area contributed by atoms with Crippen molar-refractivity contribution in [1.82, 2.24) is 9.78 Å². The molecule has 6 heteroatoms. The highest BCUT2D eigenvalue weighted by Gasteiger charge is 2.31. The van der Waals surface area contributed by atoms with Crippen molar-refractivity contribution in [2.75, 3.05) is 7.11 Å². The van der Waals surface area contributed by atoms with E-state index in [1.54, 1.807) is 19.4 Å². The standard InChI is InChI=1S/C24H21N3O3/c1-15-23(16-9-11-17(29-2)12-10-16)24-25-19(18-6-3-4-7-21(18)28)14-20(27(24)26-15)22-8-5-13-30-22/h3-13,20,28H,14H2,1-2H3/t20-/m0/s1. The molecule has 3 heterocycles. The van der Waals surface area contributed by atoms with Crippen LogP contribution in [0.3, 0.4) is 0 Å². The number of ether oxygens (including phenoxy) is 1. The van der Waals surface area contributed by atoms with Crippen molar-refractivity contribution in [2.24, 2.45) is 4.99 Å². The van der Waals surface area contributed by atoms with Gasteiger partial charge in [0.05, 0.1) is 24.8 Å². The Labute approximate surface area is 174 Å². The number of furan rings is 1. The molecule has 0 unspecified atom stereocenters. The Hall–Kier alpha value is -3.80. The summed E-state index contributed by atoms with van der Waals surface area (Å²) in [5.74, 6) is 2.57. The summed E-state index contributed by atoms with van der Waals surface area (Å²) in [7, 11) is 1.65. The van der Waals surface area contributed by atoms with Gasteiger partial charge in [0.25, 0.3) is 0 Å². The smallest absolute Gasteiger partial charge is 0.159 e. The van der Waals surface area contributed by atoms with Crippen LogP contribution in [-0.4, -0.2) is 27.7 Å². The Bertz CT molecular complexity index is 1220. The van der Waals surface area contributed by atoms with Crippen molar-refractivity contribution in [3.63, 3.8) is 0 Å². The van der Waals surface area contributed by atoms with Gasteiger partial charge in [0.15, 0.2) is 5.82 Å². The highest BCUT2D eigenvalue weighted by Crippen LogP contribution is 2.42. The lowest BCUT2D eigenvalue weighted by atomic mass is 9.98. The number of phenols is 1. The van der Waals surface area contributed by atoms with Gasteiger partial charge in [-0.1, -0.05) is 24.3 Å². The number of aryl methyl sites for hydroxylation is 1. The number of aromatic nitrogens is 2. The van der Waals surface area contributed by atoms with Crippen LogP contribution in [0.1, 0.15) is 29.5 Å². The first-order valence-electron chi connectivity index (χ1n) is 9.78. The monoisotopic (exact) mass is 399 g/mol. The first kappa shape index (κ1) is 18.2. The molecule has 0 spiro atoms. The number of rotatable bonds is 4. The summed E-state index contributed by atoms with van der Waals surface area (Å²) < 4.78 is 13.0. The molecule has 1 aliphatic heterocycles. The molecule has 2 aromatic carbocycles. The summed E-state index contributed by atoms with van der Waals surface area (Å²) in [5.41, 5.74) is 4.38. The maximum Gasteiger partial charge on any atom is 0.159 e. The summed E-state index contributed by atoms with van der Waals surface area (Å²) in [4.78, 5) is 4.96. The topological polar surface area (TPSA) is 72.8 Å². The van der Waals surface area contributed by atoms with Crippen molar-refractivity contribution in [1.29, 1.82) is 0 Å². The molecule has 150 valence electrons. The SMILES string of the molecule is COc1ccc(-c2c(C)nn3c2N=C(c2ccccc2O)C[C@H]3c2ccco2)cc1. The molecule has 5 rings (SSSR count). The lowest BCUT2D eigenvalue weighted by molar-refractivity contribution is 0.409. The van der Waals surface area contributed by atoms with Gasteiger partial charge >= 0.3 is 0 Å². The molecular formula is C24H21N3O3. The number of benzene rings is 2. The van der Waals surface area contributed by atoms with E-state index in [0.717, 1.165) is 45.4 Å². The van der Waals surface area contributed by atoms with E-state index < -0.39 is 0 Å². The maximum atomic E-state index is 10.4. The van der Waals surface area contributed by atoms with Crippen LogP contribution in [0.5, 0.6) is 11.5 Å². The molecule has 1 atom stereocenters. The summed E-state index contributed by atoms with van der Waals surface area (Å²) in [6.07, 6.45) is 2.24. The van der Waals surface area contributed by atoms with E-state index in [1.165, 1.54) is 0 Å². The van der Waals surface area contributed by atoms with E-state index in [2.05, 4.69) is 0 Å². The van der Waals surface area contributed by atoms with Crippen molar-refractivity contribution in [2.45, 2.75) is 19.4 Å². The first-order chi connectivity index (χ1) is 14.7. The van der Waals surface area contributed by atoms with Crippen LogP contribution in [0.15, 0.2) is 76.3 Å². The van der Waals surface area contributed by atoms with Gasteiger partial charge in [0.1, 0.15) is 23.3 Å². The third kappa shape index (κ3) is 2.97. The van der Waals surface area contributed by atoms with E-state index in [0.29, 0.717) is 6.42 Å². The van der Waals surface area contributed by atoms with Gasteiger partial charge < -0.3 is 14.3 Å². The molecule has 0 aliphatic carbocycles. The van der Waals surface area contributed by atoms with Crippen molar-refractivity contribution in [3.8, 4) is 22.6 Å². The number of phenolic OH excluding ortho intramolecular Hbond substituents is 1. The molecule has 0 amide bonds. The fourth-order valence-electron chi connectivity index (χ4n) is 3.99. The minimum absolute atomic E-state index is 0.146. The van der Waals surface area contributed by atoms with E-state index >= 15 is 0 Å². The quantitative estimate of drug-likeness (QED) is 0.507. The van der Waals surface area contributed by atoms with Crippen LogP contribution in [0, 0.1) is 6.92 Å². The normalized spacial score (nSPS) is 15.5. The third-order valence-corrected chi connectivity index (χ3v) is 5.45. The molecular weight excluding hydrogens is 378 g/mol. The number of aromatic hydroxyl groups is 1. The van der Waals surface area contributed by atoms with Crippen molar-refractivity contribution >= 4 is 11.5 Å². The molecule has 4 aromatic rings. The Morgan fingerprint density at radius 1 is 1.07 bits per heavy atom. The predicted octanol–water partition coefficient (Wildman–Crippen LogP) is 5.28. The molecule has 0 radical (unpaired) electrons. The minimum Gasteiger partial charge on any atom is -0.507 e. The summed E-state index contributed by atoms with van der Waals surface area (Å²) in [5, 5.41) is 15.3. The van der Waals surface area contributed by atoms with E-state index in [1.807, 2.05) is 66.2 Å². The highest BCUT2D eigenvalue weighted by molar-refractivity contribution is 6.05. The Morgan fingerprint density at radius 3 is 2.57 bits per heavy atom. The van der Waals surface area contributed by atoms with Crippen LogP contribution >= 0.6 is 0 Å². The van der Waals surface area contributed by atoms with Gasteiger partial charge in [-0.05, 0) is 48.9 Å². The molecule has 2 aromatic heterocycles. The molecule has 30 heavy (non-hydrogen) atoms. The predicted molar refractivity (Wildman–Crippen MR) is 115 cm³/mol. The van der Waals surface area contributed by atoms with E-state index in [4.69, 9.17) is 19.2 Å². The largest absolute Gasteiger partial charge is 0.507 e. The van der Waals surface area contributed by atoms with E-state index in [9.17, 15) is 5.11 Å². The van der Waals surface area contributed by atoms with Gasteiger partial charge in [-0.2, -0.15) is 5.10 Å². The zero-order valence-electron chi connectivity index (χ0n) is 16.7. The fourth-order valence-corrected chi connectivity index (χ4v) is 3.99. The van der Waals surface area contributed by atoms with Crippen LogP contribution < -0.4 is 4.74 Å². The van der Waals surface area contributed by atoms with Crippen molar-refractivity contribution in [3.05, 3.63) is 83.9 Å². The highest BCUT2D eigenvalue weighted by atomic mass is 16.5. The molecule has 0 bridgehead atoms. The van der Waals surface area contributed by atoms with Gasteiger partial charge in [0.2, 0.25) is 0 Å². The molecule has 1 aliphatic rings. The molecule has 0 saturated heterocycles. The zero-order chi connectivity index (χ0) is 20.7.